The summed E-state index contributed by atoms with van der Waals surface area (Å²) in [6, 6.07) is 8.63. The second kappa shape index (κ2) is 13.3. The Labute approximate surface area is 239 Å². The summed E-state index contributed by atoms with van der Waals surface area (Å²) >= 11 is 0. The molecule has 0 unspecified atom stereocenters. The summed E-state index contributed by atoms with van der Waals surface area (Å²) in [6.07, 6.45) is 10.5. The van der Waals surface area contributed by atoms with Crippen LogP contribution < -0.4 is 10.1 Å². The molecular weight excluding hydrogens is 496 g/mol. The quantitative estimate of drug-likeness (QED) is 0.304. The Morgan fingerprint density at radius 1 is 1.23 bits per heavy atom. The van der Waals surface area contributed by atoms with E-state index in [9.17, 15) is 0 Å². The number of rotatable bonds is 7. The SMILES string of the molecule is CC.CC=NC1=C(/C(=C/CC)N2CCOc3ccc(-c4cnc5nc(CNC)[nH]c5c4)cc3C2)CC(C)(C)CC1. The number of aliphatic imine (C=N–C) groups is 1. The zero-order chi connectivity index (χ0) is 28.7. The highest BCUT2D eigenvalue weighted by molar-refractivity contribution is 5.78. The topological polar surface area (TPSA) is 78.4 Å². The predicted octanol–water partition coefficient (Wildman–Crippen LogP) is 7.41. The number of hydrogen-bond acceptors (Lipinski definition) is 6. The number of aromatic nitrogens is 3. The number of nitrogens with one attached hydrogen (secondary N) is 2. The smallest absolute Gasteiger partial charge is 0.177 e. The van der Waals surface area contributed by atoms with Gasteiger partial charge in [0.05, 0.1) is 18.6 Å². The van der Waals surface area contributed by atoms with E-state index in [4.69, 9.17) is 9.73 Å². The van der Waals surface area contributed by atoms with Gasteiger partial charge in [-0.2, -0.15) is 0 Å². The van der Waals surface area contributed by atoms with Crippen LogP contribution in [0.15, 0.2) is 58.5 Å². The third kappa shape index (κ3) is 6.64. The van der Waals surface area contributed by atoms with Crippen LogP contribution in [0.4, 0.5) is 0 Å². The van der Waals surface area contributed by atoms with Gasteiger partial charge in [-0.1, -0.05) is 46.8 Å². The van der Waals surface area contributed by atoms with E-state index < -0.39 is 0 Å². The van der Waals surface area contributed by atoms with Gasteiger partial charge in [0, 0.05) is 41.5 Å². The Balaban J connectivity index is 0.00000181. The van der Waals surface area contributed by atoms with Crippen LogP contribution in [0.5, 0.6) is 5.75 Å². The van der Waals surface area contributed by atoms with Gasteiger partial charge in [0.1, 0.15) is 18.2 Å². The Hall–Kier alpha value is -3.45. The Morgan fingerprint density at radius 2 is 2.05 bits per heavy atom. The van der Waals surface area contributed by atoms with Crippen LogP contribution in [0.3, 0.4) is 0 Å². The van der Waals surface area contributed by atoms with Crippen LogP contribution in [-0.4, -0.2) is 46.3 Å². The molecule has 0 fully saturated rings. The number of aromatic amines is 1. The summed E-state index contributed by atoms with van der Waals surface area (Å²) in [5.74, 6) is 1.85. The van der Waals surface area contributed by atoms with Gasteiger partial charge in [-0.25, -0.2) is 9.97 Å². The van der Waals surface area contributed by atoms with Crippen molar-refractivity contribution < 1.29 is 4.74 Å². The summed E-state index contributed by atoms with van der Waals surface area (Å²) in [5, 5.41) is 3.14. The molecule has 0 bridgehead atoms. The maximum Gasteiger partial charge on any atom is 0.177 e. The van der Waals surface area contributed by atoms with Crippen molar-refractivity contribution in [3.05, 3.63) is 64.9 Å². The van der Waals surface area contributed by atoms with Crippen LogP contribution in [0, 0.1) is 5.41 Å². The first-order chi connectivity index (χ1) is 19.4. The zero-order valence-electron chi connectivity index (χ0n) is 25.4. The first kappa shape index (κ1) is 29.5. The number of pyridine rings is 1. The molecule has 0 saturated carbocycles. The zero-order valence-corrected chi connectivity index (χ0v) is 25.4. The fourth-order valence-electron chi connectivity index (χ4n) is 5.59. The molecule has 2 aliphatic rings. The molecule has 1 aromatic carbocycles. The molecule has 0 spiro atoms. The highest BCUT2D eigenvalue weighted by atomic mass is 16.5. The van der Waals surface area contributed by atoms with Crippen molar-refractivity contribution in [1.82, 2.24) is 25.2 Å². The molecule has 214 valence electrons. The van der Waals surface area contributed by atoms with Crippen LogP contribution in [0.2, 0.25) is 0 Å². The van der Waals surface area contributed by atoms with E-state index >= 15 is 0 Å². The van der Waals surface area contributed by atoms with Crippen molar-refractivity contribution in [1.29, 1.82) is 0 Å². The Morgan fingerprint density at radius 3 is 2.80 bits per heavy atom. The third-order valence-corrected chi connectivity index (χ3v) is 7.48. The molecule has 3 aromatic rings. The molecule has 2 N–H and O–H groups in total. The fourth-order valence-corrected chi connectivity index (χ4v) is 5.59. The minimum atomic E-state index is 0.272. The summed E-state index contributed by atoms with van der Waals surface area (Å²) in [5.41, 5.74) is 9.30. The Kier molecular flexibility index (Phi) is 9.80. The van der Waals surface area contributed by atoms with Crippen molar-refractivity contribution in [3.63, 3.8) is 0 Å². The molecule has 1 aliphatic heterocycles. The maximum absolute atomic E-state index is 6.25. The van der Waals surface area contributed by atoms with E-state index in [-0.39, 0.29) is 5.41 Å². The number of imidazole rings is 1. The lowest BCUT2D eigenvalue weighted by Gasteiger charge is -2.36. The number of hydrogen-bond donors (Lipinski definition) is 2. The van der Waals surface area contributed by atoms with E-state index in [0.29, 0.717) is 13.2 Å². The lowest BCUT2D eigenvalue weighted by molar-refractivity contribution is 0.256. The average Bonchev–Trinajstić information content (AvgIpc) is 3.23. The van der Waals surface area contributed by atoms with E-state index in [2.05, 4.69) is 76.3 Å². The van der Waals surface area contributed by atoms with Crippen LogP contribution in [-0.2, 0) is 13.1 Å². The lowest BCUT2D eigenvalue weighted by Crippen LogP contribution is -2.29. The molecule has 0 atom stereocenters. The first-order valence-electron chi connectivity index (χ1n) is 14.8. The van der Waals surface area contributed by atoms with Gasteiger partial charge >= 0.3 is 0 Å². The van der Waals surface area contributed by atoms with Gasteiger partial charge in [0.15, 0.2) is 5.65 Å². The summed E-state index contributed by atoms with van der Waals surface area (Å²) in [4.78, 5) is 19.9. The minimum Gasteiger partial charge on any atom is -0.491 e. The predicted molar refractivity (Wildman–Crippen MR) is 167 cm³/mol. The molecule has 7 nitrogen and oxygen atoms in total. The molecule has 0 amide bonds. The third-order valence-electron chi connectivity index (χ3n) is 7.48. The van der Waals surface area contributed by atoms with Crippen LogP contribution in [0.25, 0.3) is 22.3 Å². The molecule has 0 radical (unpaired) electrons. The van der Waals surface area contributed by atoms with Gasteiger partial charge in [-0.05, 0) is 74.4 Å². The van der Waals surface area contributed by atoms with Gasteiger partial charge in [0.2, 0.25) is 0 Å². The number of benzene rings is 1. The molecule has 5 rings (SSSR count). The van der Waals surface area contributed by atoms with E-state index in [1.54, 1.807) is 0 Å². The van der Waals surface area contributed by atoms with Gasteiger partial charge in [-0.15, -0.1) is 0 Å². The maximum atomic E-state index is 6.25. The average molecular weight is 543 g/mol. The number of allylic oxidation sites excluding steroid dienone is 3. The molecule has 2 aromatic heterocycles. The van der Waals surface area contributed by atoms with Crippen molar-refractivity contribution >= 4 is 17.4 Å². The number of ether oxygens (including phenoxy) is 1. The monoisotopic (exact) mass is 542 g/mol. The van der Waals surface area contributed by atoms with Gasteiger partial charge in [-0.3, -0.25) is 4.99 Å². The lowest BCUT2D eigenvalue weighted by atomic mass is 9.75. The van der Waals surface area contributed by atoms with Crippen LogP contribution in [0.1, 0.15) is 78.6 Å². The normalized spacial score (nSPS) is 17.4. The standard InChI is InChI=1S/C31H40N6O.C2H6/c1-6-8-27(24-17-31(3,4)12-11-25(24)33-7-2)37-13-14-38-28-10-9-21(15-23(28)20-37)22-16-26-30(34-18-22)36-29(35-26)19-32-5;1-2/h7-10,15-16,18,32H,6,11-14,17,19-20H2,1-5H3,(H,34,35,36);1-2H3/b27-8-,33-7?;. The van der Waals surface area contributed by atoms with E-state index in [1.807, 2.05) is 40.2 Å². The second-order valence-electron chi connectivity index (χ2n) is 11.1. The van der Waals surface area contributed by atoms with Crippen molar-refractivity contribution in [2.75, 3.05) is 20.2 Å². The van der Waals surface area contributed by atoms with Crippen molar-refractivity contribution in [3.8, 4) is 16.9 Å². The summed E-state index contributed by atoms with van der Waals surface area (Å²) < 4.78 is 6.25. The minimum absolute atomic E-state index is 0.272. The molecule has 3 heterocycles. The number of nitrogens with zero attached hydrogens (tertiary/aromatic N) is 4. The first-order valence-corrected chi connectivity index (χ1v) is 14.8. The molecule has 7 heteroatoms. The molecule has 40 heavy (non-hydrogen) atoms. The highest BCUT2D eigenvalue weighted by Crippen LogP contribution is 2.43. The Bertz CT molecular complexity index is 1400. The molecule has 1 aliphatic carbocycles. The summed E-state index contributed by atoms with van der Waals surface area (Å²) in [7, 11) is 1.91. The molecular formula is C33H46N6O. The van der Waals surface area contributed by atoms with E-state index in [0.717, 1.165) is 66.2 Å². The molecule has 0 saturated heterocycles. The summed E-state index contributed by atoms with van der Waals surface area (Å²) in [6.45, 7) is 16.0. The van der Waals surface area contributed by atoms with E-state index in [1.165, 1.54) is 29.0 Å². The van der Waals surface area contributed by atoms with Crippen LogP contribution >= 0.6 is 0 Å². The second-order valence-corrected chi connectivity index (χ2v) is 11.1. The number of H-pyrrole nitrogens is 1. The highest BCUT2D eigenvalue weighted by Gasteiger charge is 2.31. The van der Waals surface area contributed by atoms with Crippen molar-refractivity contribution in [2.45, 2.75) is 80.3 Å². The largest absolute Gasteiger partial charge is 0.491 e. The number of fused-ring (bicyclic) bond motifs is 2. The van der Waals surface area contributed by atoms with Gasteiger partial charge < -0.3 is 19.9 Å². The van der Waals surface area contributed by atoms with Gasteiger partial charge in [0.25, 0.3) is 0 Å². The fraction of sp³-hybridized carbons (Fsp3) is 0.485. The van der Waals surface area contributed by atoms with Crippen molar-refractivity contribution in [2.24, 2.45) is 10.4 Å².